The molecule has 1 aliphatic rings. The van der Waals surface area contributed by atoms with E-state index in [2.05, 4.69) is 19.2 Å². The minimum absolute atomic E-state index is 0.0476. The Labute approximate surface area is 184 Å². The van der Waals surface area contributed by atoms with Crippen LogP contribution < -0.4 is 11.0 Å². The molecule has 1 aliphatic carbocycles. The topological polar surface area (TPSA) is 76.3 Å². The Kier molecular flexibility index (Phi) is 7.23. The summed E-state index contributed by atoms with van der Waals surface area (Å²) >= 11 is 0. The van der Waals surface area contributed by atoms with E-state index in [4.69, 9.17) is 0 Å². The van der Waals surface area contributed by atoms with Gasteiger partial charge in [-0.05, 0) is 58.2 Å². The van der Waals surface area contributed by atoms with Gasteiger partial charge in [0.1, 0.15) is 0 Å². The average molecular weight is 429 g/mol. The Morgan fingerprint density at radius 2 is 1.77 bits per heavy atom. The molecule has 1 fully saturated rings. The first-order valence-electron chi connectivity index (χ1n) is 11.6. The highest BCUT2D eigenvalue weighted by Gasteiger charge is 2.30. The SMILES string of the molecule is CCn1c(=O)n(CCNC(C)=O)c2cc(C(=O)N(C(C)C)C3CCCCC3)c(C)cc21. The third-order valence-corrected chi connectivity index (χ3v) is 6.38. The van der Waals surface area contributed by atoms with Crippen molar-refractivity contribution in [2.75, 3.05) is 6.54 Å². The van der Waals surface area contributed by atoms with Gasteiger partial charge in [0.15, 0.2) is 0 Å². The molecule has 1 aromatic heterocycles. The number of carbonyl (C=O) groups excluding carboxylic acids is 2. The van der Waals surface area contributed by atoms with Crippen molar-refractivity contribution in [1.29, 1.82) is 0 Å². The fourth-order valence-corrected chi connectivity index (χ4v) is 4.88. The number of rotatable bonds is 7. The second-order valence-corrected chi connectivity index (χ2v) is 8.92. The Morgan fingerprint density at radius 1 is 1.13 bits per heavy atom. The van der Waals surface area contributed by atoms with Crippen LogP contribution in [0.25, 0.3) is 11.0 Å². The van der Waals surface area contributed by atoms with Crippen LogP contribution in [0.5, 0.6) is 0 Å². The number of aromatic nitrogens is 2. The van der Waals surface area contributed by atoms with Crippen LogP contribution in [0.15, 0.2) is 16.9 Å². The number of fused-ring (bicyclic) bond motifs is 1. The molecule has 0 aliphatic heterocycles. The van der Waals surface area contributed by atoms with Crippen molar-refractivity contribution in [3.8, 4) is 0 Å². The molecule has 2 aromatic rings. The van der Waals surface area contributed by atoms with Crippen molar-refractivity contribution in [2.24, 2.45) is 0 Å². The highest BCUT2D eigenvalue weighted by molar-refractivity contribution is 5.99. The number of hydrogen-bond acceptors (Lipinski definition) is 3. The molecule has 0 radical (unpaired) electrons. The quantitative estimate of drug-likeness (QED) is 0.734. The smallest absolute Gasteiger partial charge is 0.329 e. The second kappa shape index (κ2) is 9.71. The lowest BCUT2D eigenvalue weighted by atomic mass is 9.92. The third-order valence-electron chi connectivity index (χ3n) is 6.38. The molecule has 1 aromatic carbocycles. The van der Waals surface area contributed by atoms with Gasteiger partial charge < -0.3 is 10.2 Å². The number of nitrogens with one attached hydrogen (secondary N) is 1. The van der Waals surface area contributed by atoms with Gasteiger partial charge in [0.25, 0.3) is 5.91 Å². The maximum absolute atomic E-state index is 13.7. The largest absolute Gasteiger partial charge is 0.355 e. The van der Waals surface area contributed by atoms with E-state index >= 15 is 0 Å². The van der Waals surface area contributed by atoms with Gasteiger partial charge in [0.05, 0.1) is 11.0 Å². The van der Waals surface area contributed by atoms with Crippen LogP contribution in [-0.4, -0.2) is 44.5 Å². The first-order valence-corrected chi connectivity index (χ1v) is 11.6. The zero-order chi connectivity index (χ0) is 22.7. The van der Waals surface area contributed by atoms with Crippen molar-refractivity contribution < 1.29 is 9.59 Å². The van der Waals surface area contributed by atoms with E-state index < -0.39 is 0 Å². The Hall–Kier alpha value is -2.57. The minimum Gasteiger partial charge on any atom is -0.355 e. The molecule has 31 heavy (non-hydrogen) atoms. The highest BCUT2D eigenvalue weighted by Crippen LogP contribution is 2.28. The predicted molar refractivity (Wildman–Crippen MR) is 123 cm³/mol. The average Bonchev–Trinajstić information content (AvgIpc) is 2.97. The van der Waals surface area contributed by atoms with Gasteiger partial charge in [-0.15, -0.1) is 0 Å². The van der Waals surface area contributed by atoms with Crippen molar-refractivity contribution in [1.82, 2.24) is 19.4 Å². The predicted octanol–water partition coefficient (Wildman–Crippen LogP) is 3.45. The van der Waals surface area contributed by atoms with E-state index in [1.807, 2.05) is 30.9 Å². The molecule has 1 N–H and O–H groups in total. The highest BCUT2D eigenvalue weighted by atomic mass is 16.2. The molecule has 1 heterocycles. The number of imidazole rings is 1. The van der Waals surface area contributed by atoms with Crippen LogP contribution in [0.1, 0.15) is 75.7 Å². The summed E-state index contributed by atoms with van der Waals surface area (Å²) < 4.78 is 3.40. The summed E-state index contributed by atoms with van der Waals surface area (Å²) in [6.45, 7) is 10.8. The van der Waals surface area contributed by atoms with E-state index in [0.29, 0.717) is 25.2 Å². The first kappa shape index (κ1) is 23.1. The van der Waals surface area contributed by atoms with Crippen molar-refractivity contribution >= 4 is 22.8 Å². The van der Waals surface area contributed by atoms with Gasteiger partial charge >= 0.3 is 5.69 Å². The number of nitrogens with zero attached hydrogens (tertiary/aromatic N) is 3. The van der Waals surface area contributed by atoms with Crippen molar-refractivity contribution in [2.45, 2.75) is 91.9 Å². The lowest BCUT2D eigenvalue weighted by Crippen LogP contribution is -2.46. The number of benzene rings is 1. The molecule has 7 heteroatoms. The van der Waals surface area contributed by atoms with E-state index in [9.17, 15) is 14.4 Å². The fraction of sp³-hybridized carbons (Fsp3) is 0.625. The summed E-state index contributed by atoms with van der Waals surface area (Å²) in [5.41, 5.74) is 3.02. The van der Waals surface area contributed by atoms with Crippen LogP contribution in [0.4, 0.5) is 0 Å². The summed E-state index contributed by atoms with van der Waals surface area (Å²) in [7, 11) is 0. The maximum atomic E-state index is 13.7. The van der Waals surface area contributed by atoms with Gasteiger partial charge in [-0.25, -0.2) is 4.79 Å². The van der Waals surface area contributed by atoms with Gasteiger partial charge in [-0.2, -0.15) is 0 Å². The third kappa shape index (κ3) is 4.70. The lowest BCUT2D eigenvalue weighted by Gasteiger charge is -2.37. The van der Waals surface area contributed by atoms with Crippen LogP contribution in [0, 0.1) is 6.92 Å². The van der Waals surface area contributed by atoms with Crippen LogP contribution in [0.2, 0.25) is 0 Å². The van der Waals surface area contributed by atoms with Crippen LogP contribution in [0.3, 0.4) is 0 Å². The number of amides is 2. The zero-order valence-corrected chi connectivity index (χ0v) is 19.5. The lowest BCUT2D eigenvalue weighted by molar-refractivity contribution is -0.118. The normalized spacial score (nSPS) is 14.9. The van der Waals surface area contributed by atoms with Gasteiger partial charge in [-0.3, -0.25) is 18.7 Å². The minimum atomic E-state index is -0.126. The summed E-state index contributed by atoms with van der Waals surface area (Å²) in [4.78, 5) is 40.0. The summed E-state index contributed by atoms with van der Waals surface area (Å²) in [5.74, 6) is -0.0783. The summed E-state index contributed by atoms with van der Waals surface area (Å²) in [6, 6.07) is 4.24. The number of aryl methyl sites for hydroxylation is 2. The van der Waals surface area contributed by atoms with E-state index in [1.54, 1.807) is 9.13 Å². The molecule has 3 rings (SSSR count). The van der Waals surface area contributed by atoms with E-state index in [0.717, 1.165) is 29.4 Å². The van der Waals surface area contributed by atoms with Gasteiger partial charge in [0.2, 0.25) is 5.91 Å². The summed E-state index contributed by atoms with van der Waals surface area (Å²) in [6.07, 6.45) is 5.69. The number of carbonyl (C=O) groups is 2. The monoisotopic (exact) mass is 428 g/mol. The van der Waals surface area contributed by atoms with Crippen molar-refractivity contribution in [3.05, 3.63) is 33.7 Å². The molecule has 0 spiro atoms. The second-order valence-electron chi connectivity index (χ2n) is 8.92. The first-order chi connectivity index (χ1) is 14.8. The zero-order valence-electron chi connectivity index (χ0n) is 19.5. The number of hydrogen-bond donors (Lipinski definition) is 1. The molecule has 0 unspecified atom stereocenters. The molecular weight excluding hydrogens is 392 g/mol. The Bertz CT molecular complexity index is 1010. The molecule has 0 saturated heterocycles. The van der Waals surface area contributed by atoms with Gasteiger partial charge in [0, 0.05) is 44.2 Å². The maximum Gasteiger partial charge on any atom is 0.329 e. The molecule has 0 atom stereocenters. The molecule has 7 nitrogen and oxygen atoms in total. The van der Waals surface area contributed by atoms with Crippen molar-refractivity contribution in [3.63, 3.8) is 0 Å². The molecule has 1 saturated carbocycles. The van der Waals surface area contributed by atoms with E-state index in [1.165, 1.54) is 26.2 Å². The Morgan fingerprint density at radius 3 is 2.35 bits per heavy atom. The summed E-state index contributed by atoms with van der Waals surface area (Å²) in [5, 5.41) is 2.76. The van der Waals surface area contributed by atoms with Crippen LogP contribution in [-0.2, 0) is 17.9 Å². The molecule has 0 bridgehead atoms. The van der Waals surface area contributed by atoms with E-state index in [-0.39, 0.29) is 29.6 Å². The Balaban J connectivity index is 2.05. The van der Waals surface area contributed by atoms with Gasteiger partial charge in [-0.1, -0.05) is 19.3 Å². The fourth-order valence-electron chi connectivity index (χ4n) is 4.88. The molecule has 170 valence electrons. The molecular formula is C24H36N4O3. The van der Waals surface area contributed by atoms with Crippen LogP contribution >= 0.6 is 0 Å². The molecule has 2 amide bonds. The standard InChI is InChI=1S/C24H36N4O3/c1-6-26-21-14-17(4)20(15-22(21)27(24(26)31)13-12-25-18(5)29)23(30)28(16(2)3)19-10-8-7-9-11-19/h14-16,19H,6-13H2,1-5H3,(H,25,29).